The molecule has 0 aromatic carbocycles. The van der Waals surface area contributed by atoms with Gasteiger partial charge in [0, 0.05) is 72.0 Å². The molecule has 1 fully saturated rings. The minimum atomic E-state index is -1.04. The summed E-state index contributed by atoms with van der Waals surface area (Å²) in [4.78, 5) is 66.3. The third-order valence-corrected chi connectivity index (χ3v) is 8.21. The van der Waals surface area contributed by atoms with Crippen molar-refractivity contribution in [3.05, 3.63) is 8.96 Å². The number of aliphatic hydroxyl groups excluding tert-OH is 1. The predicted molar refractivity (Wildman–Crippen MR) is 144 cm³/mol. The number of imide groups is 1. The highest BCUT2D eigenvalue weighted by Gasteiger charge is 2.35. The minimum Gasteiger partial charge on any atom is -0.480 e. The van der Waals surface area contributed by atoms with Crippen molar-refractivity contribution in [1.29, 1.82) is 0 Å². The molecule has 15 nitrogen and oxygen atoms in total. The second-order valence-corrected chi connectivity index (χ2v) is 10.8. The number of hydrogen-bond acceptors (Lipinski definition) is 11. The molecule has 0 radical (unpaired) electrons. The van der Waals surface area contributed by atoms with Gasteiger partial charge in [-0.25, -0.2) is 0 Å². The van der Waals surface area contributed by atoms with E-state index >= 15 is 0 Å². The summed E-state index contributed by atoms with van der Waals surface area (Å²) in [6.45, 7) is 2.10. The van der Waals surface area contributed by atoms with Crippen LogP contribution in [0, 0.1) is 0 Å². The number of carboxylic acid groups (broad SMARTS) is 3. The number of hydrogen-bond donors (Lipinski definition) is 5. The zero-order valence-corrected chi connectivity index (χ0v) is 24.5. The minimum absolute atomic E-state index is 0.0323. The van der Waals surface area contributed by atoms with E-state index in [0.29, 0.717) is 52.4 Å². The fourth-order valence-electron chi connectivity index (χ4n) is 4.18. The SMILES string of the molecule is O=C(O)CN1CCN(CC(=O)O)CCN(CC(O)NCCN2C(=O)C(Br)=C(Br)C2=O)CCN(CC(=O)O)CC1. The van der Waals surface area contributed by atoms with Crippen LogP contribution in [0.1, 0.15) is 0 Å². The predicted octanol–water partition coefficient (Wildman–Crippen LogP) is -2.26. The van der Waals surface area contributed by atoms with Gasteiger partial charge in [-0.15, -0.1) is 0 Å². The highest BCUT2D eigenvalue weighted by atomic mass is 79.9. The average molecular weight is 686 g/mol. The van der Waals surface area contributed by atoms with Crippen molar-refractivity contribution in [3.8, 4) is 0 Å². The Kier molecular flexibility index (Phi) is 13.9. The summed E-state index contributed by atoms with van der Waals surface area (Å²) >= 11 is 6.12. The molecule has 2 aliphatic heterocycles. The molecule has 39 heavy (non-hydrogen) atoms. The fourth-order valence-corrected chi connectivity index (χ4v) is 4.95. The molecule has 1 atom stereocenters. The zero-order valence-electron chi connectivity index (χ0n) is 21.3. The second kappa shape index (κ2) is 16.3. The number of carbonyl (C=O) groups excluding carboxylic acids is 2. The molecule has 0 spiro atoms. The van der Waals surface area contributed by atoms with Crippen LogP contribution in [0.5, 0.6) is 0 Å². The van der Waals surface area contributed by atoms with E-state index in [4.69, 9.17) is 0 Å². The summed E-state index contributed by atoms with van der Waals surface area (Å²) in [5.74, 6) is -4.03. The van der Waals surface area contributed by atoms with Gasteiger partial charge in [0.15, 0.2) is 0 Å². The number of amides is 2. The Balaban J connectivity index is 2.02. The third kappa shape index (κ3) is 11.6. The summed E-state index contributed by atoms with van der Waals surface area (Å²) in [6, 6.07) is 0. The normalized spacial score (nSPS) is 20.6. The maximum Gasteiger partial charge on any atom is 0.317 e. The van der Waals surface area contributed by atoms with E-state index in [1.54, 1.807) is 14.7 Å². The van der Waals surface area contributed by atoms with Crippen molar-refractivity contribution in [2.75, 3.05) is 91.6 Å². The highest BCUT2D eigenvalue weighted by molar-refractivity contribution is 9.14. The lowest BCUT2D eigenvalue weighted by Crippen LogP contribution is -2.51. The number of β-amino-alcohol motifs (C(OH)–C–C–N with tert-alkyl or cyclic N) is 1. The molecule has 1 unspecified atom stereocenters. The lowest BCUT2D eigenvalue weighted by atomic mass is 10.3. The molecule has 1 saturated heterocycles. The van der Waals surface area contributed by atoms with Crippen molar-refractivity contribution in [2.24, 2.45) is 0 Å². The van der Waals surface area contributed by atoms with Gasteiger partial charge in [-0.05, 0) is 31.9 Å². The Hall–Kier alpha value is -1.99. The maximum absolute atomic E-state index is 12.1. The quantitative estimate of drug-likeness (QED) is 0.109. The van der Waals surface area contributed by atoms with E-state index < -0.39 is 36.0 Å². The smallest absolute Gasteiger partial charge is 0.317 e. The van der Waals surface area contributed by atoms with Crippen LogP contribution in [-0.4, -0.2) is 173 Å². The average Bonchev–Trinajstić information content (AvgIpc) is 3.02. The topological polar surface area (TPSA) is 194 Å². The Labute approximate surface area is 242 Å². The molecule has 0 aromatic heterocycles. The number of carbonyl (C=O) groups is 5. The van der Waals surface area contributed by atoms with E-state index in [0.717, 1.165) is 4.90 Å². The molecule has 17 heteroatoms. The standard InChI is InChI=1S/C22H34Br2N6O9/c23-19-20(24)22(39)30(21(19)38)2-1-25-15(31)11-26-3-5-27(12-16(32)33)7-9-29(14-18(36)37)10-8-28(6-4-26)13-17(34)35/h15,25,31H,1-14H2,(H,32,33)(H,34,35)(H,36,37). The number of aliphatic hydroxyl groups is 1. The van der Waals surface area contributed by atoms with Crippen LogP contribution in [0.15, 0.2) is 8.96 Å². The van der Waals surface area contributed by atoms with Crippen molar-refractivity contribution < 1.29 is 44.4 Å². The summed E-state index contributed by atoms with van der Waals surface area (Å²) in [5, 5.41) is 41.3. The number of rotatable bonds is 12. The lowest BCUT2D eigenvalue weighted by Gasteiger charge is -2.33. The van der Waals surface area contributed by atoms with Crippen molar-refractivity contribution in [2.45, 2.75) is 6.23 Å². The second-order valence-electron chi connectivity index (χ2n) is 9.17. The summed E-state index contributed by atoms with van der Waals surface area (Å²) in [6.07, 6.45) is -1.04. The Bertz CT molecular complexity index is 897. The first kappa shape index (κ1) is 33.2. The number of nitrogens with zero attached hydrogens (tertiary/aromatic N) is 5. The first-order valence-electron chi connectivity index (χ1n) is 12.2. The van der Waals surface area contributed by atoms with Gasteiger partial charge in [0.25, 0.3) is 11.8 Å². The van der Waals surface area contributed by atoms with E-state index in [9.17, 15) is 44.4 Å². The van der Waals surface area contributed by atoms with E-state index in [-0.39, 0.29) is 48.2 Å². The van der Waals surface area contributed by atoms with E-state index in [2.05, 4.69) is 37.2 Å². The molecule has 2 amide bonds. The molecule has 0 saturated carbocycles. The van der Waals surface area contributed by atoms with Crippen LogP contribution in [0.3, 0.4) is 0 Å². The van der Waals surface area contributed by atoms with Crippen LogP contribution in [0.25, 0.3) is 0 Å². The molecule has 2 heterocycles. The van der Waals surface area contributed by atoms with Crippen molar-refractivity contribution >= 4 is 61.6 Å². The van der Waals surface area contributed by atoms with Crippen molar-refractivity contribution in [1.82, 2.24) is 29.8 Å². The van der Waals surface area contributed by atoms with Crippen LogP contribution >= 0.6 is 31.9 Å². The molecular weight excluding hydrogens is 652 g/mol. The zero-order chi connectivity index (χ0) is 29.1. The van der Waals surface area contributed by atoms with Gasteiger partial charge < -0.3 is 20.4 Å². The molecular formula is C22H34Br2N6O9. The summed E-state index contributed by atoms with van der Waals surface area (Å²) < 4.78 is 0.269. The summed E-state index contributed by atoms with van der Waals surface area (Å²) in [5.41, 5.74) is 0. The molecule has 0 aromatic rings. The maximum atomic E-state index is 12.1. The van der Waals surface area contributed by atoms with Crippen LogP contribution in [0.4, 0.5) is 0 Å². The first-order valence-corrected chi connectivity index (χ1v) is 13.8. The summed E-state index contributed by atoms with van der Waals surface area (Å²) in [7, 11) is 0. The molecule has 5 N–H and O–H groups in total. The molecule has 0 aliphatic carbocycles. The number of nitrogens with one attached hydrogen (secondary N) is 1. The lowest BCUT2D eigenvalue weighted by molar-refractivity contribution is -0.140. The van der Waals surface area contributed by atoms with E-state index in [1.807, 2.05) is 4.90 Å². The van der Waals surface area contributed by atoms with Gasteiger partial charge in [0.1, 0.15) is 15.2 Å². The van der Waals surface area contributed by atoms with Crippen LogP contribution < -0.4 is 5.32 Å². The molecule has 2 aliphatic rings. The van der Waals surface area contributed by atoms with Gasteiger partial charge in [-0.3, -0.25) is 53.8 Å². The first-order chi connectivity index (χ1) is 18.4. The highest BCUT2D eigenvalue weighted by Crippen LogP contribution is 2.28. The third-order valence-electron chi connectivity index (χ3n) is 6.21. The van der Waals surface area contributed by atoms with Gasteiger partial charge in [0.2, 0.25) is 0 Å². The largest absolute Gasteiger partial charge is 0.480 e. The van der Waals surface area contributed by atoms with Crippen LogP contribution in [-0.2, 0) is 24.0 Å². The molecule has 2 rings (SSSR count). The molecule has 220 valence electrons. The Morgan fingerprint density at radius 1 is 0.692 bits per heavy atom. The molecule has 0 bridgehead atoms. The number of halogens is 2. The van der Waals surface area contributed by atoms with E-state index in [1.165, 1.54) is 0 Å². The van der Waals surface area contributed by atoms with Crippen molar-refractivity contribution in [3.63, 3.8) is 0 Å². The van der Waals surface area contributed by atoms with Gasteiger partial charge >= 0.3 is 17.9 Å². The fraction of sp³-hybridized carbons (Fsp3) is 0.682. The monoisotopic (exact) mass is 684 g/mol. The number of carboxylic acids is 3. The van der Waals surface area contributed by atoms with Gasteiger partial charge in [-0.2, -0.15) is 0 Å². The van der Waals surface area contributed by atoms with Gasteiger partial charge in [0.05, 0.1) is 19.6 Å². The van der Waals surface area contributed by atoms with Crippen LogP contribution in [0.2, 0.25) is 0 Å². The van der Waals surface area contributed by atoms with Gasteiger partial charge in [-0.1, -0.05) is 0 Å². The Morgan fingerprint density at radius 2 is 1.03 bits per heavy atom. The Morgan fingerprint density at radius 3 is 1.36 bits per heavy atom. The number of aliphatic carboxylic acids is 3.